The number of imide groups is 1. The van der Waals surface area contributed by atoms with Gasteiger partial charge in [-0.2, -0.15) is 8.78 Å². The predicted molar refractivity (Wildman–Crippen MR) is 97.0 cm³/mol. The maximum Gasteiger partial charge on any atom is 0.387 e. The van der Waals surface area contributed by atoms with E-state index in [1.54, 1.807) is 6.92 Å². The molecule has 1 aromatic carbocycles. The second-order valence-corrected chi connectivity index (χ2v) is 6.53. The van der Waals surface area contributed by atoms with Crippen LogP contribution in [-0.2, 0) is 19.9 Å². The topological polar surface area (TPSA) is 117 Å². The molecule has 1 aromatic rings. The number of halogens is 2. The SMILES string of the molecule is CCNC(=O)[C@@H](C)NC(=O)CN1C(=O)N[C@@](C)(c2ccc(OC(F)F)cc2)C1=O. The third kappa shape index (κ3) is 4.98. The summed E-state index contributed by atoms with van der Waals surface area (Å²) in [6, 6.07) is 3.61. The molecule has 0 saturated carbocycles. The number of alkyl halides is 2. The third-order valence-electron chi connectivity index (χ3n) is 4.36. The number of likely N-dealkylation sites (N-methyl/N-ethyl adjacent to an activating group) is 1. The van der Waals surface area contributed by atoms with Gasteiger partial charge >= 0.3 is 12.6 Å². The first-order chi connectivity index (χ1) is 13.6. The Bertz CT molecular complexity index is 802. The summed E-state index contributed by atoms with van der Waals surface area (Å²) in [6.07, 6.45) is 0. The van der Waals surface area contributed by atoms with Crippen molar-refractivity contribution in [2.24, 2.45) is 0 Å². The van der Waals surface area contributed by atoms with E-state index in [0.29, 0.717) is 12.1 Å². The van der Waals surface area contributed by atoms with E-state index in [9.17, 15) is 28.0 Å². The number of carbonyl (C=O) groups is 4. The number of rotatable bonds is 8. The molecule has 2 atom stereocenters. The van der Waals surface area contributed by atoms with Crippen LogP contribution < -0.4 is 20.7 Å². The van der Waals surface area contributed by atoms with Crippen LogP contribution >= 0.6 is 0 Å². The number of amides is 5. The highest BCUT2D eigenvalue weighted by molar-refractivity contribution is 6.09. The van der Waals surface area contributed by atoms with Crippen molar-refractivity contribution >= 4 is 23.8 Å². The monoisotopic (exact) mass is 412 g/mol. The van der Waals surface area contributed by atoms with Gasteiger partial charge in [-0.1, -0.05) is 12.1 Å². The fourth-order valence-corrected chi connectivity index (χ4v) is 2.83. The van der Waals surface area contributed by atoms with Gasteiger partial charge in [0.25, 0.3) is 5.91 Å². The highest BCUT2D eigenvalue weighted by atomic mass is 19.3. The first-order valence-corrected chi connectivity index (χ1v) is 8.85. The van der Waals surface area contributed by atoms with Crippen molar-refractivity contribution in [3.05, 3.63) is 29.8 Å². The van der Waals surface area contributed by atoms with Gasteiger partial charge < -0.3 is 20.7 Å². The molecule has 2 rings (SSSR count). The Morgan fingerprint density at radius 3 is 2.41 bits per heavy atom. The highest BCUT2D eigenvalue weighted by Gasteiger charge is 2.49. The molecule has 158 valence electrons. The minimum absolute atomic E-state index is 0.0975. The van der Waals surface area contributed by atoms with Crippen molar-refractivity contribution in [2.75, 3.05) is 13.1 Å². The fourth-order valence-electron chi connectivity index (χ4n) is 2.83. The zero-order chi connectivity index (χ0) is 21.8. The van der Waals surface area contributed by atoms with E-state index in [-0.39, 0.29) is 5.75 Å². The average molecular weight is 412 g/mol. The Hall–Kier alpha value is -3.24. The van der Waals surface area contributed by atoms with Gasteiger partial charge in [-0.05, 0) is 38.5 Å². The quantitative estimate of drug-likeness (QED) is 0.544. The van der Waals surface area contributed by atoms with Crippen molar-refractivity contribution in [2.45, 2.75) is 39.0 Å². The summed E-state index contributed by atoms with van der Waals surface area (Å²) in [5.74, 6) is -1.86. The Balaban J connectivity index is 2.08. The smallest absolute Gasteiger partial charge is 0.387 e. The van der Waals surface area contributed by atoms with E-state index in [1.807, 2.05) is 0 Å². The van der Waals surface area contributed by atoms with Crippen LogP contribution in [0.5, 0.6) is 5.75 Å². The zero-order valence-electron chi connectivity index (χ0n) is 16.1. The van der Waals surface area contributed by atoms with E-state index in [0.717, 1.165) is 4.90 Å². The average Bonchev–Trinajstić information content (AvgIpc) is 2.86. The second kappa shape index (κ2) is 8.84. The van der Waals surface area contributed by atoms with E-state index in [4.69, 9.17) is 0 Å². The molecule has 1 aliphatic rings. The molecular weight excluding hydrogens is 390 g/mol. The Labute approximate surface area is 165 Å². The van der Waals surface area contributed by atoms with E-state index in [1.165, 1.54) is 38.1 Å². The van der Waals surface area contributed by atoms with Crippen LogP contribution in [0, 0.1) is 0 Å². The van der Waals surface area contributed by atoms with E-state index < -0.39 is 48.5 Å². The minimum Gasteiger partial charge on any atom is -0.435 e. The third-order valence-corrected chi connectivity index (χ3v) is 4.36. The summed E-state index contributed by atoms with van der Waals surface area (Å²) in [7, 11) is 0. The van der Waals surface area contributed by atoms with Crippen molar-refractivity contribution in [3.63, 3.8) is 0 Å². The molecule has 3 N–H and O–H groups in total. The molecule has 11 heteroatoms. The molecule has 1 fully saturated rings. The molecule has 29 heavy (non-hydrogen) atoms. The van der Waals surface area contributed by atoms with Crippen LogP contribution in [0.25, 0.3) is 0 Å². The molecule has 0 aromatic heterocycles. The molecule has 9 nitrogen and oxygen atoms in total. The Morgan fingerprint density at radius 2 is 1.86 bits per heavy atom. The van der Waals surface area contributed by atoms with Gasteiger partial charge in [-0.15, -0.1) is 0 Å². The maximum atomic E-state index is 12.8. The van der Waals surface area contributed by atoms with Crippen molar-refractivity contribution in [3.8, 4) is 5.75 Å². The lowest BCUT2D eigenvalue weighted by Gasteiger charge is -2.22. The van der Waals surface area contributed by atoms with Crippen LogP contribution in [0.4, 0.5) is 13.6 Å². The van der Waals surface area contributed by atoms with Gasteiger partial charge in [0.1, 0.15) is 23.9 Å². The number of hydrogen-bond donors (Lipinski definition) is 3. The normalized spacial score (nSPS) is 19.7. The number of carbonyl (C=O) groups excluding carboxylic acids is 4. The number of benzene rings is 1. The van der Waals surface area contributed by atoms with Crippen LogP contribution in [-0.4, -0.2) is 54.4 Å². The highest BCUT2D eigenvalue weighted by Crippen LogP contribution is 2.30. The van der Waals surface area contributed by atoms with Crippen LogP contribution in [0.15, 0.2) is 24.3 Å². The Kier molecular flexibility index (Phi) is 6.72. The number of nitrogens with one attached hydrogen (secondary N) is 3. The molecular formula is C18H22F2N4O5. The number of nitrogens with zero attached hydrogens (tertiary/aromatic N) is 1. The van der Waals surface area contributed by atoms with Gasteiger partial charge in [0, 0.05) is 6.54 Å². The minimum atomic E-state index is -2.99. The zero-order valence-corrected chi connectivity index (χ0v) is 16.1. The summed E-state index contributed by atoms with van der Waals surface area (Å²) >= 11 is 0. The van der Waals surface area contributed by atoms with Gasteiger partial charge in [-0.25, -0.2) is 4.79 Å². The molecule has 0 unspecified atom stereocenters. The lowest BCUT2D eigenvalue weighted by atomic mass is 9.92. The lowest BCUT2D eigenvalue weighted by molar-refractivity contribution is -0.135. The summed E-state index contributed by atoms with van der Waals surface area (Å²) in [4.78, 5) is 49.6. The van der Waals surface area contributed by atoms with Crippen LogP contribution in [0.2, 0.25) is 0 Å². The Morgan fingerprint density at radius 1 is 1.24 bits per heavy atom. The number of hydrogen-bond acceptors (Lipinski definition) is 5. The largest absolute Gasteiger partial charge is 0.435 e. The van der Waals surface area contributed by atoms with Crippen LogP contribution in [0.3, 0.4) is 0 Å². The second-order valence-electron chi connectivity index (χ2n) is 6.53. The summed E-state index contributed by atoms with van der Waals surface area (Å²) in [6.45, 7) is 1.47. The summed E-state index contributed by atoms with van der Waals surface area (Å²) < 4.78 is 28.8. The van der Waals surface area contributed by atoms with Gasteiger partial charge in [-0.3, -0.25) is 19.3 Å². The van der Waals surface area contributed by atoms with Crippen molar-refractivity contribution in [1.82, 2.24) is 20.9 Å². The van der Waals surface area contributed by atoms with E-state index in [2.05, 4.69) is 20.7 Å². The van der Waals surface area contributed by atoms with Gasteiger partial charge in [0.05, 0.1) is 0 Å². The molecule has 1 saturated heterocycles. The van der Waals surface area contributed by atoms with Crippen molar-refractivity contribution < 1.29 is 32.7 Å². The molecule has 0 aliphatic carbocycles. The molecule has 1 aliphatic heterocycles. The number of urea groups is 1. The van der Waals surface area contributed by atoms with Gasteiger partial charge in [0.15, 0.2) is 0 Å². The maximum absolute atomic E-state index is 12.8. The van der Waals surface area contributed by atoms with E-state index >= 15 is 0 Å². The first kappa shape index (κ1) is 22.1. The lowest BCUT2D eigenvalue weighted by Crippen LogP contribution is -2.49. The molecule has 1 heterocycles. The summed E-state index contributed by atoms with van der Waals surface area (Å²) in [5, 5.41) is 7.45. The molecule has 0 bridgehead atoms. The predicted octanol–water partition coefficient (Wildman–Crippen LogP) is 0.696. The van der Waals surface area contributed by atoms with Crippen LogP contribution in [0.1, 0.15) is 26.3 Å². The van der Waals surface area contributed by atoms with Gasteiger partial charge in [0.2, 0.25) is 11.8 Å². The molecule has 0 spiro atoms. The molecule has 0 radical (unpaired) electrons. The van der Waals surface area contributed by atoms with Crippen molar-refractivity contribution in [1.29, 1.82) is 0 Å². The first-order valence-electron chi connectivity index (χ1n) is 8.85. The standard InChI is InChI=1S/C18H22F2N4O5/c1-4-21-14(26)10(2)22-13(25)9-24-15(27)18(3,23-17(24)28)11-5-7-12(8-6-11)29-16(19)20/h5-8,10,16H,4,9H2,1-3H3,(H,21,26)(H,22,25)(H,23,28)/t10-,18+/m1/s1. The fraction of sp³-hybridized carbons (Fsp3) is 0.444. The molecule has 5 amide bonds. The summed E-state index contributed by atoms with van der Waals surface area (Å²) in [5.41, 5.74) is -1.15. The number of ether oxygens (including phenoxy) is 1.